The number of nitrogens with zero attached hydrogens (tertiary/aromatic N) is 2. The fraction of sp³-hybridized carbons (Fsp3) is 0.625. The second-order valence-corrected chi connectivity index (χ2v) is 6.34. The molecule has 4 nitrogen and oxygen atoms in total. The average Bonchev–Trinajstić information content (AvgIpc) is 3.02. The summed E-state index contributed by atoms with van der Waals surface area (Å²) in [5.41, 5.74) is 12.4. The summed E-state index contributed by atoms with van der Waals surface area (Å²) in [7, 11) is 0. The van der Waals surface area contributed by atoms with Crippen LogP contribution in [-0.2, 0) is 30.5 Å². The predicted molar refractivity (Wildman–Crippen MR) is 77.8 cm³/mol. The van der Waals surface area contributed by atoms with E-state index in [4.69, 9.17) is 10.7 Å². The van der Waals surface area contributed by atoms with Gasteiger partial charge in [0, 0.05) is 30.4 Å². The van der Waals surface area contributed by atoms with Crippen LogP contribution >= 0.6 is 0 Å². The quantitative estimate of drug-likeness (QED) is 0.842. The number of aromatic nitrogens is 1. The molecule has 1 aromatic rings. The molecule has 1 fully saturated rings. The van der Waals surface area contributed by atoms with Crippen molar-refractivity contribution in [3.8, 4) is 0 Å². The number of hydrogen-bond donors (Lipinski definition) is 1. The van der Waals surface area contributed by atoms with E-state index in [1.807, 2.05) is 4.90 Å². The van der Waals surface area contributed by atoms with Gasteiger partial charge in [-0.05, 0) is 56.1 Å². The minimum absolute atomic E-state index is 0.00745. The number of amides is 1. The Bertz CT molecular complexity index is 582. The van der Waals surface area contributed by atoms with E-state index in [0.29, 0.717) is 13.0 Å². The van der Waals surface area contributed by atoms with Crippen molar-refractivity contribution in [3.63, 3.8) is 0 Å². The van der Waals surface area contributed by atoms with E-state index >= 15 is 0 Å². The molecule has 4 heteroatoms. The lowest BCUT2D eigenvalue weighted by molar-refractivity contribution is -0.117. The van der Waals surface area contributed by atoms with Crippen molar-refractivity contribution >= 4 is 11.6 Å². The molecule has 0 spiro atoms. The van der Waals surface area contributed by atoms with E-state index in [0.717, 1.165) is 25.7 Å². The molecule has 1 atom stereocenters. The SMILES string of the molecule is NC1CC(=O)N(c2c3c(nc4c2CCC4)CCCC3)C1. The molecule has 3 aliphatic rings. The summed E-state index contributed by atoms with van der Waals surface area (Å²) in [6.07, 6.45) is 8.40. The van der Waals surface area contributed by atoms with Crippen LogP contribution in [-0.4, -0.2) is 23.5 Å². The van der Waals surface area contributed by atoms with Crippen molar-refractivity contribution < 1.29 is 4.79 Å². The van der Waals surface area contributed by atoms with Crippen LogP contribution in [0.5, 0.6) is 0 Å². The molecule has 1 aliphatic heterocycles. The third-order valence-electron chi connectivity index (χ3n) is 4.89. The molecule has 2 aliphatic carbocycles. The number of carbonyl (C=O) groups is 1. The molecule has 20 heavy (non-hydrogen) atoms. The van der Waals surface area contributed by atoms with Crippen LogP contribution in [0, 0.1) is 0 Å². The topological polar surface area (TPSA) is 59.2 Å². The lowest BCUT2D eigenvalue weighted by atomic mass is 9.91. The third-order valence-corrected chi connectivity index (χ3v) is 4.89. The van der Waals surface area contributed by atoms with Crippen molar-refractivity contribution in [2.24, 2.45) is 5.73 Å². The molecule has 0 radical (unpaired) electrons. The van der Waals surface area contributed by atoms with Crippen molar-refractivity contribution in [2.45, 2.75) is 57.4 Å². The second-order valence-electron chi connectivity index (χ2n) is 6.34. The maximum Gasteiger partial charge on any atom is 0.228 e. The molecule has 1 amide bonds. The first-order valence-electron chi connectivity index (χ1n) is 7.83. The summed E-state index contributed by atoms with van der Waals surface area (Å²) >= 11 is 0. The van der Waals surface area contributed by atoms with E-state index in [2.05, 4.69) is 0 Å². The maximum atomic E-state index is 12.3. The Morgan fingerprint density at radius 2 is 1.65 bits per heavy atom. The van der Waals surface area contributed by atoms with Gasteiger partial charge in [-0.25, -0.2) is 0 Å². The highest BCUT2D eigenvalue weighted by Crippen LogP contribution is 2.39. The average molecular weight is 271 g/mol. The van der Waals surface area contributed by atoms with Gasteiger partial charge in [-0.2, -0.15) is 0 Å². The van der Waals surface area contributed by atoms with Crippen LogP contribution in [0.2, 0.25) is 0 Å². The number of carbonyl (C=O) groups excluding carboxylic acids is 1. The predicted octanol–water partition coefficient (Wildman–Crippen LogP) is 1.51. The standard InChI is InChI=1S/C16H21N3O/c17-10-8-15(20)19(9-10)16-11-4-1-2-6-13(11)18-14-7-3-5-12(14)16/h10H,1-9,17H2. The Morgan fingerprint density at radius 1 is 1.00 bits per heavy atom. The van der Waals surface area contributed by atoms with Gasteiger partial charge in [-0.1, -0.05) is 0 Å². The molecule has 1 aromatic heterocycles. The van der Waals surface area contributed by atoms with Crippen LogP contribution in [0.1, 0.15) is 48.2 Å². The number of hydrogen-bond acceptors (Lipinski definition) is 3. The van der Waals surface area contributed by atoms with Gasteiger partial charge < -0.3 is 10.6 Å². The van der Waals surface area contributed by atoms with Gasteiger partial charge in [0.2, 0.25) is 5.91 Å². The van der Waals surface area contributed by atoms with Crippen LogP contribution in [0.15, 0.2) is 0 Å². The number of anilines is 1. The van der Waals surface area contributed by atoms with E-state index in [1.54, 1.807) is 0 Å². The second kappa shape index (κ2) is 4.55. The van der Waals surface area contributed by atoms with Crippen molar-refractivity contribution in [3.05, 3.63) is 22.5 Å². The lowest BCUT2D eigenvalue weighted by Crippen LogP contribution is -2.31. The minimum atomic E-state index is -0.00745. The zero-order chi connectivity index (χ0) is 13.7. The first-order valence-corrected chi connectivity index (χ1v) is 7.83. The van der Waals surface area contributed by atoms with Gasteiger partial charge in [0.05, 0.1) is 5.69 Å². The van der Waals surface area contributed by atoms with E-state index < -0.39 is 0 Å². The first-order chi connectivity index (χ1) is 9.74. The summed E-state index contributed by atoms with van der Waals surface area (Å²) in [4.78, 5) is 19.2. The molecule has 4 rings (SSSR count). The highest BCUT2D eigenvalue weighted by atomic mass is 16.2. The summed E-state index contributed by atoms with van der Waals surface area (Å²) in [6, 6.07) is -0.00745. The molecule has 0 bridgehead atoms. The monoisotopic (exact) mass is 271 g/mol. The van der Waals surface area contributed by atoms with Gasteiger partial charge in [-0.15, -0.1) is 0 Å². The molecular formula is C16H21N3O. The molecule has 1 unspecified atom stereocenters. The largest absolute Gasteiger partial charge is 0.326 e. The van der Waals surface area contributed by atoms with E-state index in [9.17, 15) is 4.79 Å². The third kappa shape index (κ3) is 1.78. The molecule has 0 saturated carbocycles. The van der Waals surface area contributed by atoms with Crippen LogP contribution in [0.25, 0.3) is 0 Å². The lowest BCUT2D eigenvalue weighted by Gasteiger charge is -2.27. The number of aryl methyl sites for hydroxylation is 2. The smallest absolute Gasteiger partial charge is 0.228 e. The molecule has 2 N–H and O–H groups in total. The molecule has 1 saturated heterocycles. The molecule has 2 heterocycles. The Hall–Kier alpha value is -1.42. The zero-order valence-corrected chi connectivity index (χ0v) is 11.8. The highest BCUT2D eigenvalue weighted by molar-refractivity contribution is 5.98. The molecule has 0 aromatic carbocycles. The normalized spacial score (nSPS) is 24.9. The Morgan fingerprint density at radius 3 is 2.35 bits per heavy atom. The van der Waals surface area contributed by atoms with Gasteiger partial charge in [-0.3, -0.25) is 9.78 Å². The van der Waals surface area contributed by atoms with Gasteiger partial charge in [0.25, 0.3) is 0 Å². The number of rotatable bonds is 1. The zero-order valence-electron chi connectivity index (χ0n) is 11.8. The van der Waals surface area contributed by atoms with Crippen LogP contribution in [0.3, 0.4) is 0 Å². The Balaban J connectivity index is 1.89. The van der Waals surface area contributed by atoms with Gasteiger partial charge >= 0.3 is 0 Å². The van der Waals surface area contributed by atoms with Gasteiger partial charge in [0.1, 0.15) is 0 Å². The van der Waals surface area contributed by atoms with Crippen LogP contribution < -0.4 is 10.6 Å². The van der Waals surface area contributed by atoms with Crippen molar-refractivity contribution in [1.82, 2.24) is 4.98 Å². The summed E-state index contributed by atoms with van der Waals surface area (Å²) < 4.78 is 0. The van der Waals surface area contributed by atoms with E-state index in [-0.39, 0.29) is 11.9 Å². The molecular weight excluding hydrogens is 250 g/mol. The first kappa shape index (κ1) is 12.3. The summed E-state index contributed by atoms with van der Waals surface area (Å²) in [6.45, 7) is 0.682. The fourth-order valence-electron chi connectivity index (χ4n) is 4.00. The molecule has 106 valence electrons. The van der Waals surface area contributed by atoms with Crippen molar-refractivity contribution in [1.29, 1.82) is 0 Å². The highest BCUT2D eigenvalue weighted by Gasteiger charge is 2.34. The number of fused-ring (bicyclic) bond motifs is 2. The number of pyridine rings is 1. The maximum absolute atomic E-state index is 12.3. The Labute approximate surface area is 119 Å². The fourth-order valence-corrected chi connectivity index (χ4v) is 4.00. The van der Waals surface area contributed by atoms with Crippen molar-refractivity contribution in [2.75, 3.05) is 11.4 Å². The number of nitrogens with two attached hydrogens (primary N) is 1. The minimum Gasteiger partial charge on any atom is -0.326 e. The summed E-state index contributed by atoms with van der Waals surface area (Å²) in [5, 5.41) is 0. The Kier molecular flexibility index (Phi) is 2.81. The summed E-state index contributed by atoms with van der Waals surface area (Å²) in [5.74, 6) is 0.200. The van der Waals surface area contributed by atoms with Crippen LogP contribution in [0.4, 0.5) is 5.69 Å². The van der Waals surface area contributed by atoms with E-state index in [1.165, 1.54) is 47.5 Å². The van der Waals surface area contributed by atoms with Gasteiger partial charge in [0.15, 0.2) is 0 Å².